The Morgan fingerprint density at radius 3 is 2.00 bits per heavy atom. The maximum Gasteiger partial charge on any atom is 0.314 e. The minimum absolute atomic E-state index is 0.00340. The van der Waals surface area contributed by atoms with Crippen LogP contribution in [0.15, 0.2) is 0 Å². The molecule has 1 fully saturated rings. The first-order valence-electron chi connectivity index (χ1n) is 4.03. The molecule has 0 spiro atoms. The minimum Gasteiger partial charge on any atom is -0.351 e. The van der Waals surface area contributed by atoms with Gasteiger partial charge >= 0.3 is 6.03 Å². The number of carbonyl (C=O) groups excluding carboxylic acids is 2. The van der Waals surface area contributed by atoms with Crippen molar-refractivity contribution in [3.8, 4) is 0 Å². The van der Waals surface area contributed by atoms with E-state index in [1.165, 1.54) is 4.90 Å². The van der Waals surface area contributed by atoms with Crippen LogP contribution in [0.3, 0.4) is 0 Å². The van der Waals surface area contributed by atoms with E-state index in [4.69, 9.17) is 17.3 Å². The summed E-state index contributed by atoms with van der Waals surface area (Å²) in [5.74, 6) is -0.0953. The fraction of sp³-hybridized carbons (Fsp3) is 0.714. The highest BCUT2D eigenvalue weighted by atomic mass is 35.5. The van der Waals surface area contributed by atoms with Crippen molar-refractivity contribution in [2.45, 2.75) is 0 Å². The summed E-state index contributed by atoms with van der Waals surface area (Å²) in [6.07, 6.45) is 0. The van der Waals surface area contributed by atoms with Crippen LogP contribution in [-0.4, -0.2) is 53.8 Å². The Balaban J connectivity index is 2.39. The normalized spacial score (nSPS) is 17.3. The molecule has 74 valence electrons. The number of carbonyl (C=O) groups is 2. The average Bonchev–Trinajstić information content (AvgIpc) is 2.17. The van der Waals surface area contributed by atoms with Crippen LogP contribution in [0.1, 0.15) is 0 Å². The number of nitrogens with two attached hydrogens (primary N) is 1. The van der Waals surface area contributed by atoms with Crippen molar-refractivity contribution >= 4 is 23.5 Å². The van der Waals surface area contributed by atoms with E-state index in [1.807, 2.05) is 0 Å². The molecular formula is C7H12ClN3O2. The number of nitrogens with zero attached hydrogens (tertiary/aromatic N) is 2. The van der Waals surface area contributed by atoms with Gasteiger partial charge in [-0.3, -0.25) is 4.79 Å². The summed E-state index contributed by atoms with van der Waals surface area (Å²) in [7, 11) is 0. The number of piperazine rings is 1. The van der Waals surface area contributed by atoms with Crippen LogP contribution >= 0.6 is 11.6 Å². The Labute approximate surface area is 81.4 Å². The number of alkyl halides is 1. The van der Waals surface area contributed by atoms with Crippen LogP contribution in [0.4, 0.5) is 4.79 Å². The molecule has 1 aliphatic heterocycles. The smallest absolute Gasteiger partial charge is 0.314 e. The van der Waals surface area contributed by atoms with Gasteiger partial charge in [-0.1, -0.05) is 0 Å². The van der Waals surface area contributed by atoms with E-state index in [2.05, 4.69) is 0 Å². The molecule has 1 heterocycles. The van der Waals surface area contributed by atoms with Gasteiger partial charge in [0.15, 0.2) is 0 Å². The van der Waals surface area contributed by atoms with E-state index < -0.39 is 6.03 Å². The monoisotopic (exact) mass is 205 g/mol. The number of halogens is 1. The predicted octanol–water partition coefficient (Wildman–Crippen LogP) is -0.552. The zero-order valence-corrected chi connectivity index (χ0v) is 7.96. The summed E-state index contributed by atoms with van der Waals surface area (Å²) in [5, 5.41) is 0. The maximum absolute atomic E-state index is 11.1. The third-order valence-electron chi connectivity index (χ3n) is 2.06. The first kappa shape index (κ1) is 10.1. The summed E-state index contributed by atoms with van der Waals surface area (Å²) >= 11 is 5.39. The second-order valence-electron chi connectivity index (χ2n) is 2.84. The SMILES string of the molecule is NC(=O)N1CCN(C(=O)CCl)CC1. The van der Waals surface area contributed by atoms with Gasteiger partial charge < -0.3 is 15.5 Å². The van der Waals surface area contributed by atoms with E-state index in [-0.39, 0.29) is 11.8 Å². The van der Waals surface area contributed by atoms with Gasteiger partial charge in [0, 0.05) is 26.2 Å². The highest BCUT2D eigenvalue weighted by molar-refractivity contribution is 6.27. The van der Waals surface area contributed by atoms with Crippen molar-refractivity contribution < 1.29 is 9.59 Å². The van der Waals surface area contributed by atoms with Gasteiger partial charge in [0.2, 0.25) is 5.91 Å². The summed E-state index contributed by atoms with van der Waals surface area (Å²) < 4.78 is 0. The highest BCUT2D eigenvalue weighted by Gasteiger charge is 2.21. The Bertz CT molecular complexity index is 214. The van der Waals surface area contributed by atoms with E-state index in [0.29, 0.717) is 26.2 Å². The number of rotatable bonds is 1. The van der Waals surface area contributed by atoms with Gasteiger partial charge in [-0.25, -0.2) is 4.79 Å². The third-order valence-corrected chi connectivity index (χ3v) is 2.29. The number of amides is 3. The molecule has 1 aliphatic rings. The molecule has 0 saturated carbocycles. The van der Waals surface area contributed by atoms with Crippen LogP contribution in [0.25, 0.3) is 0 Å². The van der Waals surface area contributed by atoms with Crippen molar-refractivity contribution in [2.75, 3.05) is 32.1 Å². The first-order chi connectivity index (χ1) is 6.15. The fourth-order valence-electron chi connectivity index (χ4n) is 1.26. The highest BCUT2D eigenvalue weighted by Crippen LogP contribution is 2.02. The standard InChI is InChI=1S/C7H12ClN3O2/c8-5-6(12)10-1-3-11(4-2-10)7(9)13/h1-5H2,(H2,9,13). The molecule has 0 aromatic heterocycles. The van der Waals surface area contributed by atoms with Crippen molar-refractivity contribution in [3.63, 3.8) is 0 Å². The molecule has 1 saturated heterocycles. The number of hydrogen-bond acceptors (Lipinski definition) is 2. The second-order valence-corrected chi connectivity index (χ2v) is 3.11. The van der Waals surface area contributed by atoms with Crippen LogP contribution in [0.2, 0.25) is 0 Å². The van der Waals surface area contributed by atoms with E-state index >= 15 is 0 Å². The van der Waals surface area contributed by atoms with Crippen molar-refractivity contribution in [1.82, 2.24) is 9.80 Å². The molecule has 3 amide bonds. The molecule has 0 bridgehead atoms. The molecule has 0 aromatic rings. The quantitative estimate of drug-likeness (QED) is 0.584. The van der Waals surface area contributed by atoms with E-state index in [0.717, 1.165) is 0 Å². The molecule has 0 unspecified atom stereocenters. The molecule has 1 rings (SSSR count). The molecule has 0 atom stereocenters. The van der Waals surface area contributed by atoms with Crippen molar-refractivity contribution in [1.29, 1.82) is 0 Å². The third kappa shape index (κ3) is 2.48. The number of urea groups is 1. The lowest BCUT2D eigenvalue weighted by atomic mass is 10.3. The first-order valence-corrected chi connectivity index (χ1v) is 4.56. The van der Waals surface area contributed by atoms with Gasteiger partial charge in [-0.15, -0.1) is 11.6 Å². The lowest BCUT2D eigenvalue weighted by Gasteiger charge is -2.33. The lowest BCUT2D eigenvalue weighted by molar-refractivity contribution is -0.129. The van der Waals surface area contributed by atoms with Gasteiger partial charge in [-0.2, -0.15) is 0 Å². The summed E-state index contributed by atoms with van der Waals surface area (Å²) in [6.45, 7) is 2.04. The predicted molar refractivity (Wildman–Crippen MR) is 48.5 cm³/mol. The van der Waals surface area contributed by atoms with Crippen molar-refractivity contribution in [3.05, 3.63) is 0 Å². The van der Waals surface area contributed by atoms with E-state index in [9.17, 15) is 9.59 Å². The Morgan fingerprint density at radius 2 is 1.62 bits per heavy atom. The molecule has 2 N–H and O–H groups in total. The van der Waals surface area contributed by atoms with Crippen molar-refractivity contribution in [2.24, 2.45) is 5.73 Å². The Morgan fingerprint density at radius 1 is 1.15 bits per heavy atom. The van der Waals surface area contributed by atoms with E-state index in [1.54, 1.807) is 4.90 Å². The van der Waals surface area contributed by atoms with Gasteiger partial charge in [-0.05, 0) is 0 Å². The molecular weight excluding hydrogens is 194 g/mol. The molecule has 6 heteroatoms. The largest absolute Gasteiger partial charge is 0.351 e. The molecule has 0 aromatic carbocycles. The van der Waals surface area contributed by atoms with Gasteiger partial charge in [0.25, 0.3) is 0 Å². The van der Waals surface area contributed by atoms with Crippen LogP contribution in [-0.2, 0) is 4.79 Å². The fourth-order valence-corrected chi connectivity index (χ4v) is 1.43. The number of primary amides is 1. The summed E-state index contributed by atoms with van der Waals surface area (Å²) in [5.41, 5.74) is 5.08. The maximum atomic E-state index is 11.1. The summed E-state index contributed by atoms with van der Waals surface area (Å²) in [4.78, 5) is 25.0. The molecule has 5 nitrogen and oxygen atoms in total. The van der Waals surface area contributed by atoms with Gasteiger partial charge in [0.05, 0.1) is 0 Å². The van der Waals surface area contributed by atoms with Crippen LogP contribution < -0.4 is 5.73 Å². The molecule has 13 heavy (non-hydrogen) atoms. The minimum atomic E-state index is -0.432. The lowest BCUT2D eigenvalue weighted by Crippen LogP contribution is -2.52. The topological polar surface area (TPSA) is 66.6 Å². The molecule has 0 aliphatic carbocycles. The second kappa shape index (κ2) is 4.32. The average molecular weight is 206 g/mol. The summed E-state index contributed by atoms with van der Waals surface area (Å²) in [6, 6.07) is -0.432. The molecule has 0 radical (unpaired) electrons. The Hall–Kier alpha value is -0.970. The number of hydrogen-bond donors (Lipinski definition) is 1. The Kier molecular flexibility index (Phi) is 3.36. The zero-order chi connectivity index (χ0) is 9.84. The van der Waals surface area contributed by atoms with Gasteiger partial charge in [0.1, 0.15) is 5.88 Å². The van der Waals surface area contributed by atoms with Crippen LogP contribution in [0, 0.1) is 0 Å². The van der Waals surface area contributed by atoms with Crippen LogP contribution in [0.5, 0.6) is 0 Å². The zero-order valence-electron chi connectivity index (χ0n) is 7.20.